The molecule has 1 saturated carbocycles. The van der Waals surface area contributed by atoms with E-state index in [0.717, 1.165) is 10.9 Å². The van der Waals surface area contributed by atoms with Gasteiger partial charge in [-0.25, -0.2) is 0 Å². The number of nitrogens with one attached hydrogen (secondary N) is 1. The van der Waals surface area contributed by atoms with Crippen LogP contribution in [0.5, 0.6) is 0 Å². The molecule has 1 aromatic carbocycles. The number of rotatable bonds is 2. The molecular formula is C17H27ClN2. The predicted molar refractivity (Wildman–Crippen MR) is 87.2 cm³/mol. The highest BCUT2D eigenvalue weighted by Gasteiger charge is 2.13. The van der Waals surface area contributed by atoms with Crippen LogP contribution >= 0.6 is 11.6 Å². The first-order valence-electron chi connectivity index (χ1n) is 7.95. The van der Waals surface area contributed by atoms with E-state index in [1.165, 1.54) is 63.6 Å². The number of hydrogen-bond donors (Lipinski definition) is 2. The van der Waals surface area contributed by atoms with Crippen LogP contribution in [0.1, 0.15) is 44.1 Å². The van der Waals surface area contributed by atoms with Gasteiger partial charge in [0.2, 0.25) is 0 Å². The largest absolute Gasteiger partial charge is 0.328 e. The molecule has 1 saturated heterocycles. The summed E-state index contributed by atoms with van der Waals surface area (Å²) in [7, 11) is 0. The van der Waals surface area contributed by atoms with Crippen LogP contribution in [0.4, 0.5) is 0 Å². The van der Waals surface area contributed by atoms with Gasteiger partial charge < -0.3 is 11.1 Å². The molecule has 0 unspecified atom stereocenters. The molecule has 3 N–H and O–H groups in total. The summed E-state index contributed by atoms with van der Waals surface area (Å²) in [4.78, 5) is 0. The third kappa shape index (κ3) is 5.82. The molecule has 0 aromatic heterocycles. The van der Waals surface area contributed by atoms with Gasteiger partial charge in [0.25, 0.3) is 0 Å². The van der Waals surface area contributed by atoms with Crippen molar-refractivity contribution in [2.75, 3.05) is 13.1 Å². The summed E-state index contributed by atoms with van der Waals surface area (Å²) in [5.74, 6) is 0.859. The minimum absolute atomic E-state index is 0.546. The standard InChI is InChI=1S/C12H16ClN.C5H11N/c13-12-3-1-10(2-4-12)9-11-5-7-14-8-6-11;6-5-3-1-2-4-5/h1-4,11,14H,5-9H2;5H,1-4,6H2. The van der Waals surface area contributed by atoms with Crippen LogP contribution < -0.4 is 11.1 Å². The first-order valence-corrected chi connectivity index (χ1v) is 8.32. The summed E-state index contributed by atoms with van der Waals surface area (Å²) in [5.41, 5.74) is 6.95. The van der Waals surface area contributed by atoms with Crippen LogP contribution in [0, 0.1) is 5.92 Å². The predicted octanol–water partition coefficient (Wildman–Crippen LogP) is 3.77. The fourth-order valence-electron chi connectivity index (χ4n) is 3.00. The zero-order valence-corrected chi connectivity index (χ0v) is 13.0. The maximum atomic E-state index is 5.84. The van der Waals surface area contributed by atoms with E-state index in [0.29, 0.717) is 6.04 Å². The molecule has 2 fully saturated rings. The third-order valence-corrected chi connectivity index (χ3v) is 4.55. The first kappa shape index (κ1) is 15.8. The summed E-state index contributed by atoms with van der Waals surface area (Å²) in [6.07, 6.45) is 9.08. The van der Waals surface area contributed by atoms with E-state index < -0.39 is 0 Å². The van der Waals surface area contributed by atoms with Crippen LogP contribution in [0.15, 0.2) is 24.3 Å². The Hall–Kier alpha value is -0.570. The van der Waals surface area contributed by atoms with Crippen molar-refractivity contribution >= 4 is 11.6 Å². The van der Waals surface area contributed by atoms with Crippen molar-refractivity contribution in [3.63, 3.8) is 0 Å². The summed E-state index contributed by atoms with van der Waals surface area (Å²) < 4.78 is 0. The molecule has 0 amide bonds. The number of piperidine rings is 1. The second-order valence-electron chi connectivity index (χ2n) is 6.07. The minimum Gasteiger partial charge on any atom is -0.328 e. The van der Waals surface area contributed by atoms with E-state index in [-0.39, 0.29) is 0 Å². The highest BCUT2D eigenvalue weighted by molar-refractivity contribution is 6.30. The molecule has 0 bridgehead atoms. The molecule has 2 aliphatic rings. The van der Waals surface area contributed by atoms with Gasteiger partial charge in [0.05, 0.1) is 0 Å². The Bertz CT molecular complexity index is 365. The topological polar surface area (TPSA) is 38.0 Å². The average Bonchev–Trinajstić information content (AvgIpc) is 2.94. The van der Waals surface area contributed by atoms with Crippen LogP contribution in [0.2, 0.25) is 5.02 Å². The highest BCUT2D eigenvalue weighted by Crippen LogP contribution is 2.19. The smallest absolute Gasteiger partial charge is 0.0406 e. The molecule has 0 atom stereocenters. The third-order valence-electron chi connectivity index (χ3n) is 4.30. The molecule has 0 spiro atoms. The molecule has 112 valence electrons. The Balaban J connectivity index is 0.000000205. The molecule has 1 aromatic rings. The monoisotopic (exact) mass is 294 g/mol. The minimum atomic E-state index is 0.546. The highest BCUT2D eigenvalue weighted by atomic mass is 35.5. The number of halogens is 1. The lowest BCUT2D eigenvalue weighted by molar-refractivity contribution is 0.372. The Kier molecular flexibility index (Phi) is 6.85. The van der Waals surface area contributed by atoms with E-state index >= 15 is 0 Å². The molecule has 3 rings (SSSR count). The summed E-state index contributed by atoms with van der Waals surface area (Å²) in [6, 6.07) is 8.80. The quantitative estimate of drug-likeness (QED) is 0.871. The van der Waals surface area contributed by atoms with Gasteiger partial charge in [-0.2, -0.15) is 0 Å². The van der Waals surface area contributed by atoms with Gasteiger partial charge in [-0.15, -0.1) is 0 Å². The van der Waals surface area contributed by atoms with Crippen molar-refractivity contribution in [1.29, 1.82) is 0 Å². The second-order valence-corrected chi connectivity index (χ2v) is 6.50. The Morgan fingerprint density at radius 2 is 1.60 bits per heavy atom. The van der Waals surface area contributed by atoms with Crippen LogP contribution in [-0.4, -0.2) is 19.1 Å². The average molecular weight is 295 g/mol. The molecular weight excluding hydrogens is 268 g/mol. The molecule has 1 heterocycles. The number of hydrogen-bond acceptors (Lipinski definition) is 2. The van der Waals surface area contributed by atoms with Crippen molar-refractivity contribution in [2.45, 2.75) is 51.0 Å². The van der Waals surface area contributed by atoms with Gasteiger partial charge >= 0.3 is 0 Å². The Morgan fingerprint density at radius 1 is 1.00 bits per heavy atom. The molecule has 1 aliphatic carbocycles. The summed E-state index contributed by atoms with van der Waals surface area (Å²) in [6.45, 7) is 2.36. The second kappa shape index (κ2) is 8.66. The van der Waals surface area contributed by atoms with Gasteiger partial charge in [0.1, 0.15) is 0 Å². The van der Waals surface area contributed by atoms with Crippen molar-refractivity contribution in [3.05, 3.63) is 34.9 Å². The van der Waals surface area contributed by atoms with E-state index in [4.69, 9.17) is 17.3 Å². The van der Waals surface area contributed by atoms with E-state index in [9.17, 15) is 0 Å². The Labute approximate surface area is 128 Å². The maximum Gasteiger partial charge on any atom is 0.0406 e. The van der Waals surface area contributed by atoms with Crippen molar-refractivity contribution < 1.29 is 0 Å². The molecule has 3 heteroatoms. The van der Waals surface area contributed by atoms with E-state index in [1.54, 1.807) is 0 Å². The zero-order valence-electron chi connectivity index (χ0n) is 12.3. The van der Waals surface area contributed by atoms with Gasteiger partial charge in [-0.1, -0.05) is 36.6 Å². The zero-order chi connectivity index (χ0) is 14.2. The van der Waals surface area contributed by atoms with Crippen LogP contribution in [0.25, 0.3) is 0 Å². The van der Waals surface area contributed by atoms with Crippen LogP contribution in [-0.2, 0) is 6.42 Å². The maximum absolute atomic E-state index is 5.84. The normalized spacial score (nSPS) is 20.5. The van der Waals surface area contributed by atoms with Gasteiger partial charge in [0, 0.05) is 11.1 Å². The van der Waals surface area contributed by atoms with Crippen LogP contribution in [0.3, 0.4) is 0 Å². The fraction of sp³-hybridized carbons (Fsp3) is 0.647. The lowest BCUT2D eigenvalue weighted by Crippen LogP contribution is -2.28. The SMILES string of the molecule is Clc1ccc(CC2CCNCC2)cc1.NC1CCCC1. The van der Waals surface area contributed by atoms with E-state index in [1.807, 2.05) is 12.1 Å². The lowest BCUT2D eigenvalue weighted by atomic mass is 9.91. The summed E-state index contributed by atoms with van der Waals surface area (Å²) >= 11 is 5.84. The van der Waals surface area contributed by atoms with Gasteiger partial charge in [-0.05, 0) is 68.8 Å². The number of nitrogens with two attached hydrogens (primary N) is 1. The van der Waals surface area contributed by atoms with Crippen molar-refractivity contribution in [3.8, 4) is 0 Å². The van der Waals surface area contributed by atoms with Gasteiger partial charge in [-0.3, -0.25) is 0 Å². The number of benzene rings is 1. The molecule has 1 aliphatic heterocycles. The molecule has 20 heavy (non-hydrogen) atoms. The van der Waals surface area contributed by atoms with Crippen molar-refractivity contribution in [2.24, 2.45) is 11.7 Å². The van der Waals surface area contributed by atoms with Gasteiger partial charge in [0.15, 0.2) is 0 Å². The molecule has 0 radical (unpaired) electrons. The van der Waals surface area contributed by atoms with Crippen molar-refractivity contribution in [1.82, 2.24) is 5.32 Å². The molecule has 2 nitrogen and oxygen atoms in total. The fourth-order valence-corrected chi connectivity index (χ4v) is 3.12. The summed E-state index contributed by atoms with van der Waals surface area (Å²) in [5, 5.41) is 4.22. The Morgan fingerprint density at radius 3 is 2.10 bits per heavy atom. The van der Waals surface area contributed by atoms with E-state index in [2.05, 4.69) is 17.4 Å². The lowest BCUT2D eigenvalue weighted by Gasteiger charge is -2.22. The first-order chi connectivity index (χ1) is 9.74.